The van der Waals surface area contributed by atoms with Crippen molar-refractivity contribution in [2.45, 2.75) is 71.0 Å². The van der Waals surface area contributed by atoms with Crippen molar-refractivity contribution in [3.63, 3.8) is 0 Å². The molecule has 0 aliphatic carbocycles. The maximum absolute atomic E-state index is 12.6. The number of aliphatic hydroxyl groups is 1. The Labute approximate surface area is 207 Å². The van der Waals surface area contributed by atoms with Crippen molar-refractivity contribution in [1.82, 2.24) is 0 Å². The summed E-state index contributed by atoms with van der Waals surface area (Å²) < 4.78 is 48.8. The van der Waals surface area contributed by atoms with Gasteiger partial charge in [0.15, 0.2) is 18.9 Å². The summed E-state index contributed by atoms with van der Waals surface area (Å²) in [5.41, 5.74) is 0. The number of hydrogen-bond donors (Lipinski definition) is 1. The summed E-state index contributed by atoms with van der Waals surface area (Å²) in [6, 6.07) is 0. The van der Waals surface area contributed by atoms with Gasteiger partial charge in [-0.1, -0.05) is 0 Å². The summed E-state index contributed by atoms with van der Waals surface area (Å²) in [6.07, 6.45) is -7.97. The number of fused-ring (bicyclic) bond motifs is 3. The Morgan fingerprint density at radius 3 is 1.44 bits per heavy atom. The van der Waals surface area contributed by atoms with Crippen LogP contribution in [0.15, 0.2) is 0 Å². The maximum atomic E-state index is 12.6. The Morgan fingerprint density at radius 1 is 0.611 bits per heavy atom. The van der Waals surface area contributed by atoms with E-state index in [4.69, 9.17) is 42.6 Å². The monoisotopic (exact) mass is 520 g/mol. The number of hydrogen-bond acceptors (Lipinski definition) is 14. The van der Waals surface area contributed by atoms with E-state index in [1.165, 1.54) is 0 Å². The zero-order valence-corrected chi connectivity index (χ0v) is 20.5. The second kappa shape index (κ2) is 12.7. The lowest BCUT2D eigenvalue weighted by atomic mass is 10.0. The highest BCUT2D eigenvalue weighted by Gasteiger charge is 2.62. The van der Waals surface area contributed by atoms with Crippen LogP contribution in [0.5, 0.6) is 0 Å². The van der Waals surface area contributed by atoms with Crippen LogP contribution in [0, 0.1) is 11.8 Å². The molecule has 0 bridgehead atoms. The molecule has 3 rings (SSSR count). The molecular weight excluding hydrogens is 488 g/mol. The number of carbonyl (C=O) groups excluding carboxylic acids is 4. The molecule has 3 fully saturated rings. The van der Waals surface area contributed by atoms with Gasteiger partial charge >= 0.3 is 23.9 Å². The van der Waals surface area contributed by atoms with E-state index in [2.05, 4.69) is 0 Å². The first-order valence-electron chi connectivity index (χ1n) is 11.9. The van der Waals surface area contributed by atoms with Crippen molar-refractivity contribution in [1.29, 1.82) is 0 Å². The first-order chi connectivity index (χ1) is 17.3. The molecule has 0 amide bonds. The van der Waals surface area contributed by atoms with E-state index in [-0.39, 0.29) is 26.4 Å². The maximum Gasteiger partial charge on any atom is 0.325 e. The molecule has 0 radical (unpaired) electrons. The molecular formula is C22H32O14. The molecule has 0 spiro atoms. The molecule has 0 saturated carbocycles. The minimum Gasteiger partial charge on any atom is -0.465 e. The first-order valence-corrected chi connectivity index (χ1v) is 11.9. The molecule has 7 unspecified atom stereocenters. The summed E-state index contributed by atoms with van der Waals surface area (Å²) in [5.74, 6) is -6.82. The molecule has 3 heterocycles. The number of esters is 4. The average molecular weight is 520 g/mol. The Bertz CT molecular complexity index is 766. The molecule has 3 saturated heterocycles. The highest BCUT2D eigenvalue weighted by Crippen LogP contribution is 2.42. The fraction of sp³-hybridized carbons (Fsp3) is 0.818. The normalized spacial score (nSPS) is 31.0. The van der Waals surface area contributed by atoms with E-state index in [0.717, 1.165) is 0 Å². The van der Waals surface area contributed by atoms with Gasteiger partial charge in [-0.25, -0.2) is 0 Å². The minimum atomic E-state index is -1.61. The van der Waals surface area contributed by atoms with E-state index >= 15 is 0 Å². The van der Waals surface area contributed by atoms with Crippen LogP contribution in [-0.2, 0) is 61.8 Å². The molecule has 1 N–H and O–H groups in total. The van der Waals surface area contributed by atoms with Gasteiger partial charge in [0.05, 0.1) is 33.0 Å². The topological polar surface area (TPSA) is 172 Å². The summed E-state index contributed by atoms with van der Waals surface area (Å²) in [4.78, 5) is 50.0. The minimum absolute atomic E-state index is 0.00745. The van der Waals surface area contributed by atoms with E-state index in [1.807, 2.05) is 0 Å². The smallest absolute Gasteiger partial charge is 0.325 e. The third kappa shape index (κ3) is 5.79. The van der Waals surface area contributed by atoms with Crippen molar-refractivity contribution in [2.75, 3.05) is 33.0 Å². The largest absolute Gasteiger partial charge is 0.465 e. The quantitative estimate of drug-likeness (QED) is 0.200. The SMILES string of the molecule is CCOC(=O)C(C(=O)OCC)C1OC2OC3C(CO)OC(C(C(=O)OCC)C(=O)OCC)OC3C2O1. The summed E-state index contributed by atoms with van der Waals surface area (Å²) >= 11 is 0. The van der Waals surface area contributed by atoms with Crippen molar-refractivity contribution in [3.8, 4) is 0 Å². The van der Waals surface area contributed by atoms with Gasteiger partial charge in [0.25, 0.3) is 0 Å². The Balaban J connectivity index is 1.82. The molecule has 0 aromatic carbocycles. The standard InChI is InChI=1S/C22H32O14/c1-5-28-16(24)11(17(25)29-6-2)20-32-10(9-23)13-14(34-20)15-22(33-13)36-21(35-15)12(18(26)30-7-3)19(27)31-8-4/h10-15,20-23H,5-9H2,1-4H3. The van der Waals surface area contributed by atoms with Gasteiger partial charge in [0, 0.05) is 0 Å². The number of aliphatic hydroxyl groups excluding tert-OH is 1. The predicted octanol–water partition coefficient (Wildman–Crippen LogP) is -0.960. The van der Waals surface area contributed by atoms with Gasteiger partial charge in [-0.3, -0.25) is 19.2 Å². The molecule has 3 aliphatic rings. The lowest BCUT2D eigenvalue weighted by Crippen LogP contribution is -2.57. The van der Waals surface area contributed by atoms with Crippen LogP contribution in [0.3, 0.4) is 0 Å². The summed E-state index contributed by atoms with van der Waals surface area (Å²) in [6.45, 7) is 5.75. The van der Waals surface area contributed by atoms with Crippen LogP contribution < -0.4 is 0 Å². The molecule has 0 aromatic heterocycles. The predicted molar refractivity (Wildman–Crippen MR) is 113 cm³/mol. The van der Waals surface area contributed by atoms with Crippen molar-refractivity contribution >= 4 is 23.9 Å². The second-order valence-corrected chi connectivity index (χ2v) is 7.86. The Morgan fingerprint density at radius 2 is 1.03 bits per heavy atom. The summed E-state index contributed by atoms with van der Waals surface area (Å²) in [7, 11) is 0. The number of ether oxygens (including phenoxy) is 9. The fourth-order valence-corrected chi connectivity index (χ4v) is 4.14. The molecule has 7 atom stereocenters. The van der Waals surface area contributed by atoms with Crippen LogP contribution in [0.4, 0.5) is 0 Å². The third-order valence-electron chi connectivity index (χ3n) is 5.62. The highest BCUT2D eigenvalue weighted by molar-refractivity contribution is 5.96. The molecule has 3 aliphatic heterocycles. The fourth-order valence-electron chi connectivity index (χ4n) is 4.14. The summed E-state index contributed by atoms with van der Waals surface area (Å²) in [5, 5.41) is 9.89. The Hall–Kier alpha value is -2.36. The van der Waals surface area contributed by atoms with Gasteiger partial charge in [-0.2, -0.15) is 0 Å². The molecule has 0 aromatic rings. The van der Waals surface area contributed by atoms with Crippen LogP contribution in [0.25, 0.3) is 0 Å². The van der Waals surface area contributed by atoms with Crippen molar-refractivity contribution < 1.29 is 66.9 Å². The zero-order chi connectivity index (χ0) is 26.4. The van der Waals surface area contributed by atoms with Gasteiger partial charge in [-0.05, 0) is 27.7 Å². The van der Waals surface area contributed by atoms with Gasteiger partial charge in [0.1, 0.15) is 24.4 Å². The average Bonchev–Trinajstić information content (AvgIpc) is 3.38. The van der Waals surface area contributed by atoms with Gasteiger partial charge < -0.3 is 47.7 Å². The number of carbonyl (C=O) groups is 4. The van der Waals surface area contributed by atoms with Gasteiger partial charge in [-0.15, -0.1) is 0 Å². The van der Waals surface area contributed by atoms with Crippen LogP contribution in [0.1, 0.15) is 27.7 Å². The molecule has 204 valence electrons. The molecule has 36 heavy (non-hydrogen) atoms. The Kier molecular flexibility index (Phi) is 9.99. The number of rotatable bonds is 11. The third-order valence-corrected chi connectivity index (χ3v) is 5.62. The van der Waals surface area contributed by atoms with E-state index in [0.29, 0.717) is 0 Å². The van der Waals surface area contributed by atoms with E-state index in [1.54, 1.807) is 27.7 Å². The molecule has 14 heteroatoms. The van der Waals surface area contributed by atoms with Crippen LogP contribution in [0.2, 0.25) is 0 Å². The zero-order valence-electron chi connectivity index (χ0n) is 20.5. The second-order valence-electron chi connectivity index (χ2n) is 7.86. The van der Waals surface area contributed by atoms with Crippen molar-refractivity contribution in [2.24, 2.45) is 11.8 Å². The van der Waals surface area contributed by atoms with Gasteiger partial charge in [0.2, 0.25) is 11.8 Å². The first kappa shape index (κ1) is 28.2. The van der Waals surface area contributed by atoms with E-state index in [9.17, 15) is 24.3 Å². The van der Waals surface area contributed by atoms with Crippen LogP contribution in [-0.4, -0.2) is 105 Å². The van der Waals surface area contributed by atoms with Crippen LogP contribution >= 0.6 is 0 Å². The lowest BCUT2D eigenvalue weighted by Gasteiger charge is -2.40. The van der Waals surface area contributed by atoms with E-state index < -0.39 is 85.6 Å². The molecule has 14 nitrogen and oxygen atoms in total. The highest BCUT2D eigenvalue weighted by atomic mass is 16.8. The van der Waals surface area contributed by atoms with Crippen molar-refractivity contribution in [3.05, 3.63) is 0 Å². The lowest BCUT2D eigenvalue weighted by molar-refractivity contribution is -0.313.